The van der Waals surface area contributed by atoms with Crippen LogP contribution in [0.25, 0.3) is 10.8 Å². The SMILES string of the molecule is CC[C@@H]1C[C@H](C)CC/C=C\[C@@H]2C[C@@]2(C(=O)NS(=O)(=O)C2(C)CC2)NC(=O)[C@@H]2C[C@@H](Oc3nc(OC)cc4cc(OC)c(F)cc34)CN2C(=O)[C@H]1N(C(=O)O)C(C)(C)C(F)(F)F. The summed E-state index contributed by atoms with van der Waals surface area (Å²) < 4.78 is 104. The molecular weight excluding hydrogens is 831 g/mol. The molecule has 1 aromatic heterocycles. The third kappa shape index (κ3) is 8.65. The van der Waals surface area contributed by atoms with Crippen molar-refractivity contribution in [2.75, 3.05) is 20.8 Å². The molecule has 3 fully saturated rings. The molecule has 4 aliphatic rings. The molecule has 1 aromatic carbocycles. The lowest BCUT2D eigenvalue weighted by Crippen LogP contribution is -2.66. The number of halogens is 4. The first-order valence-electron chi connectivity index (χ1n) is 20.3. The molecular formula is C41H53F4N5O10S. The summed E-state index contributed by atoms with van der Waals surface area (Å²) >= 11 is 0. The number of carbonyl (C=O) groups excluding carboxylic acids is 3. The van der Waals surface area contributed by atoms with Crippen molar-refractivity contribution in [3.63, 3.8) is 0 Å². The molecule has 2 aliphatic carbocycles. The highest BCUT2D eigenvalue weighted by Crippen LogP contribution is 2.48. The van der Waals surface area contributed by atoms with Crippen molar-refractivity contribution < 1.29 is 64.5 Å². The molecule has 4 amide bonds. The number of ether oxygens (including phenoxy) is 3. The Labute approximate surface area is 351 Å². The molecule has 20 heteroatoms. The van der Waals surface area contributed by atoms with Crippen LogP contribution in [-0.2, 0) is 24.4 Å². The van der Waals surface area contributed by atoms with Gasteiger partial charge in [0.1, 0.15) is 29.3 Å². The Kier molecular flexibility index (Phi) is 12.3. The second-order valence-electron chi connectivity index (χ2n) is 17.5. The Balaban J connectivity index is 1.46. The molecule has 61 heavy (non-hydrogen) atoms. The van der Waals surface area contributed by atoms with E-state index in [2.05, 4.69) is 15.0 Å². The zero-order chi connectivity index (χ0) is 45.0. The van der Waals surface area contributed by atoms with Crippen LogP contribution >= 0.6 is 0 Å². The van der Waals surface area contributed by atoms with Crippen molar-refractivity contribution in [3.05, 3.63) is 36.2 Å². The van der Waals surface area contributed by atoms with Crippen LogP contribution in [0, 0.1) is 23.6 Å². The monoisotopic (exact) mass is 883 g/mol. The molecule has 0 spiro atoms. The molecule has 3 heterocycles. The van der Waals surface area contributed by atoms with Gasteiger partial charge in [-0.15, -0.1) is 0 Å². The third-order valence-electron chi connectivity index (χ3n) is 12.9. The largest absolute Gasteiger partial charge is 0.494 e. The number of pyridine rings is 1. The summed E-state index contributed by atoms with van der Waals surface area (Å²) in [5, 5.41) is 13.8. The van der Waals surface area contributed by atoms with Crippen LogP contribution in [0.15, 0.2) is 30.4 Å². The van der Waals surface area contributed by atoms with Crippen molar-refractivity contribution in [2.24, 2.45) is 17.8 Å². The third-order valence-corrected chi connectivity index (χ3v) is 15.0. The Hall–Kier alpha value is -4.88. The van der Waals surface area contributed by atoms with E-state index in [0.29, 0.717) is 44.9 Å². The number of fused-ring (bicyclic) bond motifs is 3. The summed E-state index contributed by atoms with van der Waals surface area (Å²) in [5.41, 5.74) is -4.86. The molecule has 0 bridgehead atoms. The molecule has 15 nitrogen and oxygen atoms in total. The average Bonchev–Trinajstić information content (AvgIpc) is 4.06. The normalized spacial score (nSPS) is 28.6. The fourth-order valence-electron chi connectivity index (χ4n) is 8.48. The van der Waals surface area contributed by atoms with E-state index < -0.39 is 98.2 Å². The number of methoxy groups -OCH3 is 2. The Morgan fingerprint density at radius 1 is 1.11 bits per heavy atom. The molecule has 7 atom stereocenters. The zero-order valence-electron chi connectivity index (χ0n) is 35.1. The number of allylic oxidation sites excluding steroid dienone is 1. The van der Waals surface area contributed by atoms with Crippen molar-refractivity contribution in [1.29, 1.82) is 0 Å². The number of aromatic nitrogens is 1. The second-order valence-corrected chi connectivity index (χ2v) is 19.7. The number of rotatable bonds is 10. The van der Waals surface area contributed by atoms with Crippen LogP contribution in [-0.4, -0.2) is 113 Å². The highest BCUT2D eigenvalue weighted by Gasteiger charge is 2.64. The van der Waals surface area contributed by atoms with E-state index in [4.69, 9.17) is 14.2 Å². The number of nitrogens with zero attached hydrogens (tertiary/aromatic N) is 3. The smallest absolute Gasteiger partial charge is 0.411 e. The molecule has 2 aromatic rings. The van der Waals surface area contributed by atoms with Gasteiger partial charge in [-0.1, -0.05) is 32.4 Å². The molecule has 336 valence electrons. The van der Waals surface area contributed by atoms with Gasteiger partial charge in [-0.2, -0.15) is 18.2 Å². The summed E-state index contributed by atoms with van der Waals surface area (Å²) in [5.74, 6) is -5.88. The number of carboxylic acid groups (broad SMARTS) is 1. The number of amides is 4. The lowest BCUT2D eigenvalue weighted by Gasteiger charge is -2.46. The average molecular weight is 884 g/mol. The zero-order valence-corrected chi connectivity index (χ0v) is 35.9. The van der Waals surface area contributed by atoms with Crippen molar-refractivity contribution >= 4 is 44.6 Å². The highest BCUT2D eigenvalue weighted by molar-refractivity contribution is 7.91. The molecule has 0 radical (unpaired) electrons. The first-order valence-corrected chi connectivity index (χ1v) is 21.8. The molecule has 1 saturated heterocycles. The Bertz CT molecular complexity index is 2220. The van der Waals surface area contributed by atoms with E-state index in [1.54, 1.807) is 19.1 Å². The number of nitrogens with one attached hydrogen (secondary N) is 2. The number of sulfonamides is 1. The molecule has 6 rings (SSSR count). The van der Waals surface area contributed by atoms with Gasteiger partial charge in [0.05, 0.1) is 25.5 Å². The van der Waals surface area contributed by atoms with E-state index in [1.165, 1.54) is 33.3 Å². The van der Waals surface area contributed by atoms with Crippen LogP contribution < -0.4 is 24.2 Å². The fourth-order valence-corrected chi connectivity index (χ4v) is 9.79. The van der Waals surface area contributed by atoms with E-state index in [9.17, 15) is 41.1 Å². The fraction of sp³-hybridized carbons (Fsp3) is 0.634. The summed E-state index contributed by atoms with van der Waals surface area (Å²) in [4.78, 5) is 62.3. The molecule has 2 aliphatic heterocycles. The summed E-state index contributed by atoms with van der Waals surface area (Å²) in [6, 6.07) is 0.447. The van der Waals surface area contributed by atoms with E-state index in [-0.39, 0.29) is 59.4 Å². The van der Waals surface area contributed by atoms with Crippen LogP contribution in [0.3, 0.4) is 0 Å². The number of hydrogen-bond acceptors (Lipinski definition) is 10. The summed E-state index contributed by atoms with van der Waals surface area (Å²) in [7, 11) is -1.55. The molecule has 3 N–H and O–H groups in total. The Morgan fingerprint density at radius 2 is 1.80 bits per heavy atom. The van der Waals surface area contributed by atoms with Gasteiger partial charge < -0.3 is 29.5 Å². The standard InChI is InChI=1S/C41H53F4N5O10S/c1-8-23-15-22(2)11-9-10-12-25-20-40(25,36(53)48-61(56,57)39(5)13-14-39)47-33(51)29-18-26(21-49(29)35(52)32(23)50(37(54)55)38(3,4)41(43,44)45)60-34-27-19-28(42)30(58-6)16-24(27)17-31(46-34)59-7/h10,12,16-17,19,22-23,25-26,29,32H,8-9,11,13-15,18,20-21H2,1-7H3,(H,47,51)(H,48,53)(H,54,55)/b12-10-/t22-,23-,25-,26-,29+,32+,40-/m1/s1. The van der Waals surface area contributed by atoms with E-state index in [0.717, 1.165) is 11.0 Å². The molecule has 2 saturated carbocycles. The number of carbonyl (C=O) groups is 4. The van der Waals surface area contributed by atoms with Crippen molar-refractivity contribution in [2.45, 2.75) is 126 Å². The van der Waals surface area contributed by atoms with E-state index >= 15 is 9.18 Å². The number of hydrogen-bond donors (Lipinski definition) is 3. The van der Waals surface area contributed by atoms with Gasteiger partial charge in [-0.25, -0.2) is 17.6 Å². The predicted molar refractivity (Wildman–Crippen MR) is 213 cm³/mol. The molecule has 0 unspecified atom stereocenters. The maximum atomic E-state index is 15.2. The maximum absolute atomic E-state index is 15.2. The summed E-state index contributed by atoms with van der Waals surface area (Å²) in [6.07, 6.45) is -3.35. The minimum atomic E-state index is -5.14. The highest BCUT2D eigenvalue weighted by atomic mass is 32.2. The predicted octanol–water partition coefficient (Wildman–Crippen LogP) is 5.70. The van der Waals surface area contributed by atoms with Crippen LogP contribution in [0.4, 0.5) is 22.4 Å². The van der Waals surface area contributed by atoms with Gasteiger partial charge in [-0.05, 0) is 88.7 Å². The summed E-state index contributed by atoms with van der Waals surface area (Å²) in [6.45, 7) is 5.84. The maximum Gasteiger partial charge on any atom is 0.411 e. The lowest BCUT2D eigenvalue weighted by molar-refractivity contribution is -0.222. The first-order chi connectivity index (χ1) is 28.4. The first kappa shape index (κ1) is 45.6. The number of benzene rings is 1. The van der Waals surface area contributed by atoms with Gasteiger partial charge >= 0.3 is 12.3 Å². The topological polar surface area (TPSA) is 194 Å². The van der Waals surface area contributed by atoms with Crippen molar-refractivity contribution in [1.82, 2.24) is 24.8 Å². The second kappa shape index (κ2) is 16.4. The van der Waals surface area contributed by atoms with Gasteiger partial charge in [0.2, 0.25) is 33.6 Å². The van der Waals surface area contributed by atoms with Crippen LogP contribution in [0.5, 0.6) is 17.5 Å². The van der Waals surface area contributed by atoms with Crippen LogP contribution in [0.2, 0.25) is 0 Å². The van der Waals surface area contributed by atoms with Gasteiger partial charge in [0.25, 0.3) is 5.91 Å². The minimum absolute atomic E-state index is 0.00526. The van der Waals surface area contributed by atoms with Gasteiger partial charge in [0, 0.05) is 23.8 Å². The van der Waals surface area contributed by atoms with Gasteiger partial charge in [0.15, 0.2) is 11.6 Å². The van der Waals surface area contributed by atoms with E-state index in [1.807, 2.05) is 6.92 Å². The minimum Gasteiger partial charge on any atom is -0.494 e. The van der Waals surface area contributed by atoms with Crippen LogP contribution in [0.1, 0.15) is 86.0 Å². The Morgan fingerprint density at radius 3 is 2.39 bits per heavy atom. The van der Waals surface area contributed by atoms with Gasteiger partial charge in [-0.3, -0.25) is 24.0 Å². The number of alkyl halides is 3. The lowest BCUT2D eigenvalue weighted by atomic mass is 9.82. The quantitative estimate of drug-likeness (QED) is 0.196. The van der Waals surface area contributed by atoms with Crippen molar-refractivity contribution in [3.8, 4) is 17.5 Å².